The first-order chi connectivity index (χ1) is 5.54. The fourth-order valence-corrected chi connectivity index (χ4v) is 0.972. The van der Waals surface area contributed by atoms with Crippen molar-refractivity contribution < 1.29 is 0 Å². The fourth-order valence-electron chi connectivity index (χ4n) is 0.972. The van der Waals surface area contributed by atoms with Gasteiger partial charge in [-0.15, -0.1) is 0 Å². The van der Waals surface area contributed by atoms with Crippen molar-refractivity contribution >= 4 is 0 Å². The molecule has 0 unspecified atom stereocenters. The van der Waals surface area contributed by atoms with Crippen LogP contribution in [-0.4, -0.2) is 38.0 Å². The molecule has 0 aliphatic rings. The third-order valence-corrected chi connectivity index (χ3v) is 1.29. The molecule has 0 amide bonds. The molecule has 0 aromatic heterocycles. The predicted octanol–water partition coefficient (Wildman–Crippen LogP) is 0.368. The molecular weight excluding hydrogens is 152 g/mol. The standard InChI is InChI=1S/C8H12N4/c1-11(2)8(12(3)4)7(5-9)6-10/h1-4H3. The van der Waals surface area contributed by atoms with E-state index in [2.05, 4.69) is 0 Å². The summed E-state index contributed by atoms with van der Waals surface area (Å²) in [5, 5.41) is 17.2. The SMILES string of the molecule is CN(C)C(=C(C#N)C#N)N(C)C. The van der Waals surface area contributed by atoms with E-state index in [4.69, 9.17) is 10.5 Å². The van der Waals surface area contributed by atoms with Crippen molar-refractivity contribution in [2.75, 3.05) is 28.2 Å². The second-order valence-corrected chi connectivity index (χ2v) is 2.71. The summed E-state index contributed by atoms with van der Waals surface area (Å²) < 4.78 is 0. The molecule has 4 heteroatoms. The van der Waals surface area contributed by atoms with Gasteiger partial charge < -0.3 is 9.80 Å². The van der Waals surface area contributed by atoms with Gasteiger partial charge in [-0.05, 0) is 0 Å². The maximum Gasteiger partial charge on any atom is 0.169 e. The summed E-state index contributed by atoms with van der Waals surface area (Å²) in [7, 11) is 7.18. The Hall–Kier alpha value is -1.68. The van der Waals surface area contributed by atoms with Crippen LogP contribution in [0, 0.1) is 22.7 Å². The van der Waals surface area contributed by atoms with Gasteiger partial charge in [-0.2, -0.15) is 10.5 Å². The van der Waals surface area contributed by atoms with Crippen LogP contribution in [0.1, 0.15) is 0 Å². The van der Waals surface area contributed by atoms with Crippen LogP contribution in [0.25, 0.3) is 0 Å². The van der Waals surface area contributed by atoms with E-state index in [0.29, 0.717) is 5.82 Å². The van der Waals surface area contributed by atoms with E-state index in [1.807, 2.05) is 12.1 Å². The monoisotopic (exact) mass is 164 g/mol. The molecule has 12 heavy (non-hydrogen) atoms. The molecule has 0 aromatic rings. The van der Waals surface area contributed by atoms with Gasteiger partial charge in [-0.3, -0.25) is 0 Å². The summed E-state index contributed by atoms with van der Waals surface area (Å²) in [4.78, 5) is 3.48. The van der Waals surface area contributed by atoms with E-state index in [9.17, 15) is 0 Å². The average Bonchev–Trinajstić information content (AvgIpc) is 1.98. The quantitative estimate of drug-likeness (QED) is 0.553. The van der Waals surface area contributed by atoms with E-state index >= 15 is 0 Å². The van der Waals surface area contributed by atoms with Gasteiger partial charge in [0, 0.05) is 28.2 Å². The minimum atomic E-state index is 0.130. The van der Waals surface area contributed by atoms with Crippen molar-refractivity contribution in [2.45, 2.75) is 0 Å². The highest BCUT2D eigenvalue weighted by Gasteiger charge is 2.09. The molecule has 0 aromatic carbocycles. The van der Waals surface area contributed by atoms with E-state index < -0.39 is 0 Å². The van der Waals surface area contributed by atoms with Crippen LogP contribution in [0.2, 0.25) is 0 Å². The molecule has 0 spiro atoms. The molecule has 0 fully saturated rings. The summed E-state index contributed by atoms with van der Waals surface area (Å²) in [6.07, 6.45) is 0. The highest BCUT2D eigenvalue weighted by molar-refractivity contribution is 5.38. The third kappa shape index (κ3) is 2.17. The van der Waals surface area contributed by atoms with Gasteiger partial charge in [-0.25, -0.2) is 0 Å². The van der Waals surface area contributed by atoms with E-state index in [1.54, 1.807) is 38.0 Å². The van der Waals surface area contributed by atoms with Crippen molar-refractivity contribution in [3.8, 4) is 12.1 Å². The second kappa shape index (κ2) is 4.25. The first-order valence-corrected chi connectivity index (χ1v) is 3.43. The van der Waals surface area contributed by atoms with E-state index in [-0.39, 0.29) is 5.57 Å². The van der Waals surface area contributed by atoms with Gasteiger partial charge in [0.2, 0.25) is 0 Å². The van der Waals surface area contributed by atoms with Crippen LogP contribution in [0.4, 0.5) is 0 Å². The van der Waals surface area contributed by atoms with Gasteiger partial charge in [0.15, 0.2) is 5.57 Å². The van der Waals surface area contributed by atoms with Crippen molar-refractivity contribution in [1.82, 2.24) is 9.80 Å². The second-order valence-electron chi connectivity index (χ2n) is 2.71. The average molecular weight is 164 g/mol. The third-order valence-electron chi connectivity index (χ3n) is 1.29. The summed E-state index contributed by atoms with van der Waals surface area (Å²) in [5.41, 5.74) is 0.130. The van der Waals surface area contributed by atoms with Crippen LogP contribution >= 0.6 is 0 Å². The molecule has 0 aliphatic heterocycles. The summed E-state index contributed by atoms with van der Waals surface area (Å²) in [6, 6.07) is 3.70. The molecule has 0 bridgehead atoms. The minimum absolute atomic E-state index is 0.130. The summed E-state index contributed by atoms with van der Waals surface area (Å²) >= 11 is 0. The predicted molar refractivity (Wildman–Crippen MR) is 45.6 cm³/mol. The zero-order chi connectivity index (χ0) is 9.72. The van der Waals surface area contributed by atoms with Gasteiger partial charge in [0.05, 0.1) is 0 Å². The topological polar surface area (TPSA) is 54.1 Å². The smallest absolute Gasteiger partial charge is 0.169 e. The maximum atomic E-state index is 8.61. The molecule has 0 N–H and O–H groups in total. The Kier molecular flexibility index (Phi) is 3.66. The van der Waals surface area contributed by atoms with Crippen molar-refractivity contribution in [2.24, 2.45) is 0 Å². The first-order valence-electron chi connectivity index (χ1n) is 3.43. The molecule has 64 valence electrons. The highest BCUT2D eigenvalue weighted by atomic mass is 15.3. The Labute approximate surface area is 72.9 Å². The number of allylic oxidation sites excluding steroid dienone is 1. The Morgan fingerprint density at radius 2 is 1.25 bits per heavy atom. The van der Waals surface area contributed by atoms with Crippen molar-refractivity contribution in [1.29, 1.82) is 10.5 Å². The van der Waals surface area contributed by atoms with Gasteiger partial charge >= 0.3 is 0 Å². The molecule has 0 rings (SSSR count). The van der Waals surface area contributed by atoms with E-state index in [0.717, 1.165) is 0 Å². The first kappa shape index (κ1) is 10.3. The molecule has 0 atom stereocenters. The van der Waals surface area contributed by atoms with E-state index in [1.165, 1.54) is 0 Å². The number of nitrogens with zero attached hydrogens (tertiary/aromatic N) is 4. The fraction of sp³-hybridized carbons (Fsp3) is 0.500. The molecule has 0 saturated heterocycles. The Balaban J connectivity index is 5.11. The Morgan fingerprint density at radius 3 is 1.33 bits per heavy atom. The van der Waals surface area contributed by atoms with Crippen LogP contribution in [-0.2, 0) is 0 Å². The molecule has 0 heterocycles. The van der Waals surface area contributed by atoms with Crippen LogP contribution < -0.4 is 0 Å². The van der Waals surface area contributed by atoms with Crippen LogP contribution in [0.3, 0.4) is 0 Å². The summed E-state index contributed by atoms with van der Waals surface area (Å²) in [5.74, 6) is 0.625. The Bertz CT molecular complexity index is 236. The van der Waals surface area contributed by atoms with Gasteiger partial charge in [-0.1, -0.05) is 0 Å². The largest absolute Gasteiger partial charge is 0.363 e. The highest BCUT2D eigenvalue weighted by Crippen LogP contribution is 2.07. The lowest BCUT2D eigenvalue weighted by atomic mass is 10.3. The number of hydrogen-bond acceptors (Lipinski definition) is 4. The van der Waals surface area contributed by atoms with Gasteiger partial charge in [0.25, 0.3) is 0 Å². The zero-order valence-electron chi connectivity index (χ0n) is 7.79. The lowest BCUT2D eigenvalue weighted by molar-refractivity contribution is 0.340. The zero-order valence-corrected chi connectivity index (χ0v) is 7.79. The minimum Gasteiger partial charge on any atom is -0.363 e. The maximum absolute atomic E-state index is 8.61. The lowest BCUT2D eigenvalue weighted by Crippen LogP contribution is -2.26. The van der Waals surface area contributed by atoms with Crippen LogP contribution in [0.15, 0.2) is 11.4 Å². The van der Waals surface area contributed by atoms with Crippen molar-refractivity contribution in [3.05, 3.63) is 11.4 Å². The lowest BCUT2D eigenvalue weighted by Gasteiger charge is -2.24. The molecular formula is C8H12N4. The van der Waals surface area contributed by atoms with Crippen molar-refractivity contribution in [3.63, 3.8) is 0 Å². The molecule has 0 saturated carbocycles. The van der Waals surface area contributed by atoms with Crippen LogP contribution in [0.5, 0.6) is 0 Å². The van der Waals surface area contributed by atoms with Gasteiger partial charge in [0.1, 0.15) is 18.0 Å². The number of rotatable bonds is 2. The molecule has 4 nitrogen and oxygen atoms in total. The molecule has 0 aliphatic carbocycles. The normalized spacial score (nSPS) is 7.83. The molecule has 0 radical (unpaired) electrons. The number of nitriles is 2. The number of hydrogen-bond donors (Lipinski definition) is 0. The Morgan fingerprint density at radius 1 is 0.917 bits per heavy atom. The summed E-state index contributed by atoms with van der Waals surface area (Å²) in [6.45, 7) is 0.